The van der Waals surface area contributed by atoms with Gasteiger partial charge in [-0.05, 0) is 12.8 Å². The Labute approximate surface area is 75.4 Å². The molecule has 1 rings (SSSR count). The Morgan fingerprint density at radius 2 is 2.00 bits per heavy atom. The van der Waals surface area contributed by atoms with Gasteiger partial charge in [0.1, 0.15) is 0 Å². The van der Waals surface area contributed by atoms with E-state index < -0.39 is 0 Å². The van der Waals surface area contributed by atoms with E-state index in [9.17, 15) is 0 Å². The molecule has 0 unspecified atom stereocenters. The maximum Gasteiger partial charge on any atom is 0.0925 e. The Morgan fingerprint density at radius 3 is 2.50 bits per heavy atom. The van der Waals surface area contributed by atoms with Gasteiger partial charge in [0.15, 0.2) is 0 Å². The molecular formula is C10H20N2. The zero-order valence-corrected chi connectivity index (χ0v) is 8.65. The number of aromatic nitrogens is 2. The molecule has 0 saturated heterocycles. The number of rotatable bonds is 3. The second-order valence-electron chi connectivity index (χ2n) is 2.43. The Bertz CT molecular complexity index is 191. The van der Waals surface area contributed by atoms with Crippen LogP contribution in [0, 0.1) is 0 Å². The number of aryl methyl sites for hydroxylation is 2. The van der Waals surface area contributed by atoms with Gasteiger partial charge in [-0.2, -0.15) is 0 Å². The lowest BCUT2D eigenvalue weighted by Crippen LogP contribution is -1.89. The molecule has 1 N–H and O–H groups in total. The summed E-state index contributed by atoms with van der Waals surface area (Å²) in [7, 11) is 0. The Hall–Kier alpha value is -0.790. The van der Waals surface area contributed by atoms with Crippen LogP contribution in [-0.2, 0) is 12.8 Å². The van der Waals surface area contributed by atoms with Gasteiger partial charge in [-0.15, -0.1) is 0 Å². The normalized spacial score (nSPS) is 9.00. The minimum absolute atomic E-state index is 1.04. The molecule has 1 aromatic rings. The van der Waals surface area contributed by atoms with E-state index in [1.807, 2.05) is 13.8 Å². The third kappa shape index (κ3) is 3.07. The van der Waals surface area contributed by atoms with Crippen LogP contribution in [0.5, 0.6) is 0 Å². The SMILES string of the molecule is CC.CCCc1[nH]cnc1CC. The molecule has 2 heteroatoms. The zero-order chi connectivity index (χ0) is 9.40. The number of nitrogens with zero attached hydrogens (tertiary/aromatic N) is 1. The van der Waals surface area contributed by atoms with Crippen LogP contribution >= 0.6 is 0 Å². The molecule has 1 aromatic heterocycles. The van der Waals surface area contributed by atoms with E-state index in [2.05, 4.69) is 23.8 Å². The highest BCUT2D eigenvalue weighted by molar-refractivity contribution is 5.10. The lowest BCUT2D eigenvalue weighted by Gasteiger charge is -1.95. The van der Waals surface area contributed by atoms with Crippen LogP contribution in [0.15, 0.2) is 6.33 Å². The Morgan fingerprint density at radius 1 is 1.33 bits per heavy atom. The summed E-state index contributed by atoms with van der Waals surface area (Å²) in [4.78, 5) is 7.34. The third-order valence-corrected chi connectivity index (χ3v) is 1.64. The topological polar surface area (TPSA) is 28.7 Å². The number of H-pyrrole nitrogens is 1. The third-order valence-electron chi connectivity index (χ3n) is 1.64. The molecule has 1 heterocycles. The molecule has 0 aromatic carbocycles. The van der Waals surface area contributed by atoms with Crippen molar-refractivity contribution in [2.75, 3.05) is 0 Å². The summed E-state index contributed by atoms with van der Waals surface area (Å²) in [5.74, 6) is 0. The predicted molar refractivity (Wildman–Crippen MR) is 53.3 cm³/mol. The summed E-state index contributed by atoms with van der Waals surface area (Å²) in [6, 6.07) is 0. The second-order valence-corrected chi connectivity index (χ2v) is 2.43. The monoisotopic (exact) mass is 168 g/mol. The molecule has 0 saturated carbocycles. The van der Waals surface area contributed by atoms with Crippen molar-refractivity contribution >= 4 is 0 Å². The van der Waals surface area contributed by atoms with Crippen LogP contribution < -0.4 is 0 Å². The van der Waals surface area contributed by atoms with Crippen LogP contribution in [-0.4, -0.2) is 9.97 Å². The van der Waals surface area contributed by atoms with Gasteiger partial charge in [-0.3, -0.25) is 0 Å². The lowest BCUT2D eigenvalue weighted by molar-refractivity contribution is 0.868. The molecular weight excluding hydrogens is 148 g/mol. The highest BCUT2D eigenvalue weighted by Crippen LogP contribution is 2.05. The van der Waals surface area contributed by atoms with E-state index >= 15 is 0 Å². The van der Waals surface area contributed by atoms with Crippen molar-refractivity contribution in [3.8, 4) is 0 Å². The first-order valence-electron chi connectivity index (χ1n) is 4.89. The van der Waals surface area contributed by atoms with Crippen LogP contribution in [0.2, 0.25) is 0 Å². The molecule has 0 aliphatic rings. The number of hydrogen-bond acceptors (Lipinski definition) is 1. The average molecular weight is 168 g/mol. The minimum Gasteiger partial charge on any atom is -0.348 e. The Balaban J connectivity index is 0.000000561. The van der Waals surface area contributed by atoms with E-state index in [1.54, 1.807) is 6.33 Å². The van der Waals surface area contributed by atoms with Gasteiger partial charge < -0.3 is 4.98 Å². The fraction of sp³-hybridized carbons (Fsp3) is 0.700. The van der Waals surface area contributed by atoms with Crippen molar-refractivity contribution in [2.24, 2.45) is 0 Å². The van der Waals surface area contributed by atoms with E-state index in [0.29, 0.717) is 0 Å². The van der Waals surface area contributed by atoms with Gasteiger partial charge in [-0.25, -0.2) is 4.98 Å². The van der Waals surface area contributed by atoms with Gasteiger partial charge in [0.2, 0.25) is 0 Å². The van der Waals surface area contributed by atoms with E-state index in [-0.39, 0.29) is 0 Å². The summed E-state index contributed by atoms with van der Waals surface area (Å²) in [6.07, 6.45) is 5.14. The summed E-state index contributed by atoms with van der Waals surface area (Å²) >= 11 is 0. The van der Waals surface area contributed by atoms with Crippen molar-refractivity contribution in [1.29, 1.82) is 0 Å². The first-order valence-corrected chi connectivity index (χ1v) is 4.89. The average Bonchev–Trinajstić information content (AvgIpc) is 2.56. The Kier molecular flexibility index (Phi) is 6.44. The molecule has 0 radical (unpaired) electrons. The highest BCUT2D eigenvalue weighted by Gasteiger charge is 1.99. The van der Waals surface area contributed by atoms with E-state index in [0.717, 1.165) is 12.8 Å². The molecule has 2 nitrogen and oxygen atoms in total. The maximum absolute atomic E-state index is 4.20. The second kappa shape index (κ2) is 6.89. The number of imidazole rings is 1. The standard InChI is InChI=1S/C8H14N2.C2H6/c1-3-5-8-7(4-2)9-6-10-8;1-2/h6H,3-5H2,1-2H3,(H,9,10);1-2H3. The molecule has 0 aliphatic carbocycles. The number of nitrogens with one attached hydrogen (secondary N) is 1. The number of hydrogen-bond donors (Lipinski definition) is 1. The highest BCUT2D eigenvalue weighted by atomic mass is 14.9. The maximum atomic E-state index is 4.20. The molecule has 0 atom stereocenters. The zero-order valence-electron chi connectivity index (χ0n) is 8.65. The van der Waals surface area contributed by atoms with E-state index in [4.69, 9.17) is 0 Å². The molecule has 0 amide bonds. The summed E-state index contributed by atoms with van der Waals surface area (Å²) < 4.78 is 0. The minimum atomic E-state index is 1.04. The van der Waals surface area contributed by atoms with Crippen molar-refractivity contribution in [2.45, 2.75) is 47.0 Å². The first kappa shape index (κ1) is 11.2. The van der Waals surface area contributed by atoms with Crippen molar-refractivity contribution in [1.82, 2.24) is 9.97 Å². The van der Waals surface area contributed by atoms with Gasteiger partial charge in [0.05, 0.1) is 12.0 Å². The van der Waals surface area contributed by atoms with Crippen molar-refractivity contribution < 1.29 is 0 Å². The predicted octanol–water partition coefficient (Wildman–Crippen LogP) is 2.95. The molecule has 12 heavy (non-hydrogen) atoms. The summed E-state index contributed by atoms with van der Waals surface area (Å²) in [6.45, 7) is 8.32. The largest absolute Gasteiger partial charge is 0.348 e. The van der Waals surface area contributed by atoms with Gasteiger partial charge >= 0.3 is 0 Å². The molecule has 0 spiro atoms. The molecule has 0 fully saturated rings. The van der Waals surface area contributed by atoms with E-state index in [1.165, 1.54) is 17.8 Å². The molecule has 0 aliphatic heterocycles. The lowest BCUT2D eigenvalue weighted by atomic mass is 10.2. The smallest absolute Gasteiger partial charge is 0.0925 e. The van der Waals surface area contributed by atoms with Crippen molar-refractivity contribution in [3.63, 3.8) is 0 Å². The summed E-state index contributed by atoms with van der Waals surface area (Å²) in [5, 5.41) is 0. The fourth-order valence-electron chi connectivity index (χ4n) is 1.12. The van der Waals surface area contributed by atoms with Gasteiger partial charge in [0.25, 0.3) is 0 Å². The van der Waals surface area contributed by atoms with Gasteiger partial charge in [-0.1, -0.05) is 34.1 Å². The van der Waals surface area contributed by atoms with Crippen LogP contribution in [0.3, 0.4) is 0 Å². The quantitative estimate of drug-likeness (QED) is 0.738. The fourth-order valence-corrected chi connectivity index (χ4v) is 1.12. The molecule has 0 bridgehead atoms. The summed E-state index contributed by atoms with van der Waals surface area (Å²) in [5.41, 5.74) is 2.53. The molecule has 70 valence electrons. The van der Waals surface area contributed by atoms with Crippen molar-refractivity contribution in [3.05, 3.63) is 17.7 Å². The van der Waals surface area contributed by atoms with Gasteiger partial charge in [0, 0.05) is 5.69 Å². The first-order chi connectivity index (χ1) is 5.88. The van der Waals surface area contributed by atoms with Crippen LogP contribution in [0.1, 0.15) is 45.5 Å². The van der Waals surface area contributed by atoms with Crippen LogP contribution in [0.25, 0.3) is 0 Å². The van der Waals surface area contributed by atoms with Crippen LogP contribution in [0.4, 0.5) is 0 Å². The number of aromatic amines is 1.